The van der Waals surface area contributed by atoms with E-state index in [4.69, 9.17) is 0 Å². The Hall–Kier alpha value is -0.720. The highest BCUT2D eigenvalue weighted by Crippen LogP contribution is 1.96. The van der Waals surface area contributed by atoms with Gasteiger partial charge in [-0.05, 0) is 12.8 Å². The van der Waals surface area contributed by atoms with Crippen molar-refractivity contribution in [3.05, 3.63) is 24.4 Å². The zero-order chi connectivity index (χ0) is 7.82. The summed E-state index contributed by atoms with van der Waals surface area (Å²) in [5, 5.41) is 3.26. The molecule has 0 aliphatic heterocycles. The summed E-state index contributed by atoms with van der Waals surface area (Å²) in [5.41, 5.74) is 1.32. The van der Waals surface area contributed by atoms with Crippen LogP contribution in [0.2, 0.25) is 0 Å². The molecule has 0 amide bonds. The van der Waals surface area contributed by atoms with Gasteiger partial charge in [0.25, 0.3) is 0 Å². The van der Waals surface area contributed by atoms with E-state index >= 15 is 0 Å². The van der Waals surface area contributed by atoms with E-state index in [0.29, 0.717) is 0 Å². The van der Waals surface area contributed by atoms with E-state index in [0.717, 1.165) is 19.4 Å². The SMILES string of the molecule is C=CCN/C(=C\CC)CC. The number of rotatable bonds is 5. The van der Waals surface area contributed by atoms with Crippen LogP contribution in [0.15, 0.2) is 24.4 Å². The second-order valence-corrected chi connectivity index (χ2v) is 2.16. The van der Waals surface area contributed by atoms with Gasteiger partial charge < -0.3 is 5.32 Å². The zero-order valence-electron chi connectivity index (χ0n) is 6.98. The van der Waals surface area contributed by atoms with Crippen LogP contribution in [0.4, 0.5) is 0 Å². The van der Waals surface area contributed by atoms with Crippen LogP contribution in [0.3, 0.4) is 0 Å². The molecule has 0 saturated heterocycles. The summed E-state index contributed by atoms with van der Waals surface area (Å²) in [7, 11) is 0. The van der Waals surface area contributed by atoms with Gasteiger partial charge in [0.1, 0.15) is 0 Å². The fourth-order valence-electron chi connectivity index (χ4n) is 0.791. The third-order valence-corrected chi connectivity index (χ3v) is 1.30. The average Bonchev–Trinajstić information content (AvgIpc) is 1.98. The van der Waals surface area contributed by atoms with Crippen LogP contribution in [0.5, 0.6) is 0 Å². The summed E-state index contributed by atoms with van der Waals surface area (Å²) in [6.45, 7) is 8.81. The molecule has 0 aliphatic carbocycles. The van der Waals surface area contributed by atoms with Crippen molar-refractivity contribution in [2.45, 2.75) is 26.7 Å². The predicted octanol–water partition coefficient (Wildman–Crippen LogP) is 2.47. The van der Waals surface area contributed by atoms with Gasteiger partial charge in [-0.2, -0.15) is 0 Å². The van der Waals surface area contributed by atoms with E-state index in [1.165, 1.54) is 5.70 Å². The molecular weight excluding hydrogens is 122 g/mol. The fourth-order valence-corrected chi connectivity index (χ4v) is 0.791. The predicted molar refractivity (Wildman–Crippen MR) is 46.9 cm³/mol. The smallest absolute Gasteiger partial charge is 0.0325 e. The molecule has 0 fully saturated rings. The molecule has 58 valence electrons. The Morgan fingerprint density at radius 2 is 2.20 bits per heavy atom. The highest BCUT2D eigenvalue weighted by molar-refractivity contribution is 4.99. The van der Waals surface area contributed by atoms with Crippen molar-refractivity contribution in [1.82, 2.24) is 5.32 Å². The molecule has 1 N–H and O–H groups in total. The molecule has 0 atom stereocenters. The summed E-state index contributed by atoms with van der Waals surface area (Å²) in [5.74, 6) is 0. The van der Waals surface area contributed by atoms with Gasteiger partial charge in [-0.1, -0.05) is 26.0 Å². The Kier molecular flexibility index (Phi) is 5.94. The van der Waals surface area contributed by atoms with E-state index < -0.39 is 0 Å². The van der Waals surface area contributed by atoms with E-state index in [-0.39, 0.29) is 0 Å². The summed E-state index contributed by atoms with van der Waals surface area (Å²) in [6, 6.07) is 0. The maximum Gasteiger partial charge on any atom is 0.0325 e. The van der Waals surface area contributed by atoms with Crippen LogP contribution < -0.4 is 5.32 Å². The normalized spacial score (nSPS) is 11.2. The molecular formula is C9H17N. The molecule has 0 unspecified atom stereocenters. The number of nitrogens with one attached hydrogen (secondary N) is 1. The van der Waals surface area contributed by atoms with E-state index in [9.17, 15) is 0 Å². The molecule has 0 saturated carbocycles. The second kappa shape index (κ2) is 6.40. The molecule has 0 bridgehead atoms. The van der Waals surface area contributed by atoms with Gasteiger partial charge in [-0.15, -0.1) is 6.58 Å². The topological polar surface area (TPSA) is 12.0 Å². The van der Waals surface area contributed by atoms with Crippen LogP contribution in [0, 0.1) is 0 Å². The Balaban J connectivity index is 3.59. The minimum absolute atomic E-state index is 0.875. The largest absolute Gasteiger partial charge is 0.385 e. The highest BCUT2D eigenvalue weighted by atomic mass is 14.9. The summed E-state index contributed by atoms with van der Waals surface area (Å²) >= 11 is 0. The van der Waals surface area contributed by atoms with Crippen molar-refractivity contribution in [2.24, 2.45) is 0 Å². The molecule has 0 aromatic rings. The Morgan fingerprint density at radius 3 is 2.60 bits per heavy atom. The van der Waals surface area contributed by atoms with E-state index in [2.05, 4.69) is 31.8 Å². The lowest BCUT2D eigenvalue weighted by Crippen LogP contribution is -2.11. The molecule has 1 heteroatoms. The first kappa shape index (κ1) is 9.28. The number of allylic oxidation sites excluding steroid dienone is 2. The maximum absolute atomic E-state index is 3.64. The Labute approximate surface area is 63.8 Å². The minimum atomic E-state index is 0.875. The van der Waals surface area contributed by atoms with Gasteiger partial charge in [0.05, 0.1) is 0 Å². The lowest BCUT2D eigenvalue weighted by atomic mass is 10.3. The van der Waals surface area contributed by atoms with Crippen LogP contribution in [-0.4, -0.2) is 6.54 Å². The molecule has 0 rings (SSSR count). The van der Waals surface area contributed by atoms with Gasteiger partial charge in [0.15, 0.2) is 0 Å². The van der Waals surface area contributed by atoms with Crippen molar-refractivity contribution in [3.8, 4) is 0 Å². The lowest BCUT2D eigenvalue weighted by molar-refractivity contribution is 0.833. The lowest BCUT2D eigenvalue weighted by Gasteiger charge is -2.04. The van der Waals surface area contributed by atoms with Gasteiger partial charge in [-0.3, -0.25) is 0 Å². The summed E-state index contributed by atoms with van der Waals surface area (Å²) < 4.78 is 0. The quantitative estimate of drug-likeness (QED) is 0.577. The van der Waals surface area contributed by atoms with Gasteiger partial charge in [0.2, 0.25) is 0 Å². The Morgan fingerprint density at radius 1 is 1.50 bits per heavy atom. The fraction of sp³-hybridized carbons (Fsp3) is 0.556. The van der Waals surface area contributed by atoms with Crippen molar-refractivity contribution >= 4 is 0 Å². The first-order valence-corrected chi connectivity index (χ1v) is 3.88. The molecule has 0 radical (unpaired) electrons. The zero-order valence-corrected chi connectivity index (χ0v) is 6.98. The standard InChI is InChI=1S/C9H17N/c1-4-7-9(6-3)10-8-5-2/h5,7,10H,2,4,6,8H2,1,3H3/b9-7-. The third-order valence-electron chi connectivity index (χ3n) is 1.30. The van der Waals surface area contributed by atoms with Crippen LogP contribution in [0.1, 0.15) is 26.7 Å². The minimum Gasteiger partial charge on any atom is -0.385 e. The van der Waals surface area contributed by atoms with E-state index in [1.54, 1.807) is 0 Å². The molecule has 0 aromatic heterocycles. The maximum atomic E-state index is 3.64. The van der Waals surface area contributed by atoms with Gasteiger partial charge >= 0.3 is 0 Å². The molecule has 1 nitrogen and oxygen atoms in total. The van der Waals surface area contributed by atoms with E-state index in [1.807, 2.05) is 6.08 Å². The van der Waals surface area contributed by atoms with Crippen molar-refractivity contribution in [3.63, 3.8) is 0 Å². The third kappa shape index (κ3) is 4.19. The molecule has 0 aromatic carbocycles. The molecule has 0 spiro atoms. The van der Waals surface area contributed by atoms with Crippen molar-refractivity contribution in [1.29, 1.82) is 0 Å². The first-order valence-electron chi connectivity index (χ1n) is 3.88. The number of hydrogen-bond donors (Lipinski definition) is 1. The molecule has 0 aliphatic rings. The average molecular weight is 139 g/mol. The Bertz CT molecular complexity index is 114. The van der Waals surface area contributed by atoms with Crippen LogP contribution >= 0.6 is 0 Å². The highest BCUT2D eigenvalue weighted by Gasteiger charge is 1.86. The first-order chi connectivity index (χ1) is 4.85. The van der Waals surface area contributed by atoms with Gasteiger partial charge in [0, 0.05) is 12.2 Å². The van der Waals surface area contributed by atoms with Crippen LogP contribution in [-0.2, 0) is 0 Å². The second-order valence-electron chi connectivity index (χ2n) is 2.16. The molecule has 10 heavy (non-hydrogen) atoms. The van der Waals surface area contributed by atoms with Crippen molar-refractivity contribution < 1.29 is 0 Å². The molecule has 0 heterocycles. The number of hydrogen-bond acceptors (Lipinski definition) is 1. The van der Waals surface area contributed by atoms with Gasteiger partial charge in [-0.25, -0.2) is 0 Å². The monoisotopic (exact) mass is 139 g/mol. The summed E-state index contributed by atoms with van der Waals surface area (Å²) in [6.07, 6.45) is 6.28. The van der Waals surface area contributed by atoms with Crippen LogP contribution in [0.25, 0.3) is 0 Å². The van der Waals surface area contributed by atoms with Crippen molar-refractivity contribution in [2.75, 3.05) is 6.54 Å². The summed E-state index contributed by atoms with van der Waals surface area (Å²) in [4.78, 5) is 0.